The Kier molecular flexibility index (Phi) is 17.3. The highest BCUT2D eigenvalue weighted by molar-refractivity contribution is 5.84. The molecule has 2 unspecified atom stereocenters. The lowest BCUT2D eigenvalue weighted by Gasteiger charge is -2.13. The number of carbonyl (C=O) groups excluding carboxylic acids is 2. The van der Waals surface area contributed by atoms with Gasteiger partial charge in [0, 0.05) is 12.8 Å². The van der Waals surface area contributed by atoms with Gasteiger partial charge in [-0.3, -0.25) is 9.59 Å². The van der Waals surface area contributed by atoms with Crippen molar-refractivity contribution in [1.29, 1.82) is 0 Å². The average molecular weight is 441 g/mol. The molecule has 0 radical (unpaired) electrons. The number of amides is 2. The van der Waals surface area contributed by atoms with Crippen molar-refractivity contribution < 1.29 is 29.7 Å². The van der Waals surface area contributed by atoms with E-state index in [-0.39, 0.29) is 25.2 Å². The topological polar surface area (TPSA) is 150 Å². The zero-order valence-electron chi connectivity index (χ0n) is 18.7. The van der Waals surface area contributed by atoms with E-state index in [1.807, 2.05) is 19.1 Å². The number of nitrogens with two attached hydrogens (primary N) is 1. The summed E-state index contributed by atoms with van der Waals surface area (Å²) in [6, 6.07) is -1.07. The van der Waals surface area contributed by atoms with E-state index in [1.165, 1.54) is 0 Å². The van der Waals surface area contributed by atoms with Gasteiger partial charge < -0.3 is 26.4 Å². The first-order valence-electron chi connectivity index (χ1n) is 11.2. The van der Waals surface area contributed by atoms with Crippen molar-refractivity contribution >= 4 is 17.8 Å². The molecule has 0 aromatic heterocycles. The first-order valence-corrected chi connectivity index (χ1v) is 11.2. The van der Waals surface area contributed by atoms with Gasteiger partial charge in [0.2, 0.25) is 11.8 Å². The maximum absolute atomic E-state index is 11.8. The van der Waals surface area contributed by atoms with Crippen LogP contribution in [-0.4, -0.2) is 51.4 Å². The molecule has 0 bridgehead atoms. The summed E-state index contributed by atoms with van der Waals surface area (Å²) in [5.41, 5.74) is 5.01. The monoisotopic (exact) mass is 440 g/mol. The summed E-state index contributed by atoms with van der Waals surface area (Å²) in [4.78, 5) is 33.7. The minimum absolute atomic E-state index is 0.00362. The van der Waals surface area contributed by atoms with Crippen LogP contribution in [0.4, 0.5) is 0 Å². The van der Waals surface area contributed by atoms with E-state index in [4.69, 9.17) is 10.8 Å². The number of rotatable bonds is 19. The first-order chi connectivity index (χ1) is 14.8. The fourth-order valence-corrected chi connectivity index (χ4v) is 2.94. The van der Waals surface area contributed by atoms with E-state index in [9.17, 15) is 24.6 Å². The summed E-state index contributed by atoms with van der Waals surface area (Å²) in [6.07, 6.45) is 14.5. The van der Waals surface area contributed by atoms with Crippen molar-refractivity contribution in [3.05, 3.63) is 24.3 Å². The van der Waals surface area contributed by atoms with Gasteiger partial charge in [0.15, 0.2) is 0 Å². The predicted octanol–water partition coefficient (Wildman–Crippen LogP) is 2.58. The molecular formula is C23H40N2O6. The SMILES string of the molecule is CCC(O)C(O)C/C=C\C/C=C\CCCCCCCC(=O)N[C@@H](CCC(N)=O)C(=O)O. The molecule has 0 aromatic carbocycles. The van der Waals surface area contributed by atoms with Crippen molar-refractivity contribution in [3.63, 3.8) is 0 Å². The lowest BCUT2D eigenvalue weighted by molar-refractivity contribution is -0.142. The zero-order chi connectivity index (χ0) is 23.5. The number of carboxylic acid groups (broad SMARTS) is 1. The Morgan fingerprint density at radius 2 is 1.55 bits per heavy atom. The van der Waals surface area contributed by atoms with Crippen molar-refractivity contribution in [2.24, 2.45) is 5.73 Å². The summed E-state index contributed by atoms with van der Waals surface area (Å²) in [6.45, 7) is 1.84. The van der Waals surface area contributed by atoms with Gasteiger partial charge >= 0.3 is 5.97 Å². The van der Waals surface area contributed by atoms with Crippen LogP contribution in [0.3, 0.4) is 0 Å². The van der Waals surface area contributed by atoms with Crippen LogP contribution >= 0.6 is 0 Å². The number of aliphatic hydroxyl groups is 2. The van der Waals surface area contributed by atoms with Gasteiger partial charge in [0.25, 0.3) is 0 Å². The normalized spacial score (nSPS) is 14.5. The molecule has 0 heterocycles. The third kappa shape index (κ3) is 17.2. The van der Waals surface area contributed by atoms with E-state index in [1.54, 1.807) is 0 Å². The number of carbonyl (C=O) groups is 3. The standard InChI is InChI=1S/C23H40N2O6/c1-2-19(26)20(27)14-12-10-8-6-4-3-5-7-9-11-13-15-22(29)25-18(23(30)31)16-17-21(24)28/h4,6,10,12,18-20,26-27H,2-3,5,7-9,11,13-17H2,1H3,(H2,24,28)(H,25,29)(H,30,31)/b6-4-,12-10-/t18-,19?,20?/m0/s1. The lowest BCUT2D eigenvalue weighted by Crippen LogP contribution is -2.41. The van der Waals surface area contributed by atoms with Gasteiger partial charge in [-0.25, -0.2) is 4.79 Å². The van der Waals surface area contributed by atoms with Gasteiger partial charge in [-0.1, -0.05) is 50.5 Å². The van der Waals surface area contributed by atoms with Crippen LogP contribution in [0, 0.1) is 0 Å². The summed E-state index contributed by atoms with van der Waals surface area (Å²) < 4.78 is 0. The molecule has 0 fully saturated rings. The summed E-state index contributed by atoms with van der Waals surface area (Å²) in [5.74, 6) is -2.06. The van der Waals surface area contributed by atoms with E-state index < -0.39 is 30.1 Å². The molecular weight excluding hydrogens is 400 g/mol. The molecule has 0 aliphatic rings. The maximum atomic E-state index is 11.8. The molecule has 0 saturated heterocycles. The van der Waals surface area contributed by atoms with Crippen molar-refractivity contribution in [1.82, 2.24) is 5.32 Å². The first kappa shape index (κ1) is 28.8. The fourth-order valence-electron chi connectivity index (χ4n) is 2.94. The van der Waals surface area contributed by atoms with Crippen LogP contribution in [-0.2, 0) is 14.4 Å². The molecule has 0 aromatic rings. The second-order valence-electron chi connectivity index (χ2n) is 7.73. The van der Waals surface area contributed by atoms with Gasteiger partial charge in [-0.2, -0.15) is 0 Å². The molecule has 8 nitrogen and oxygen atoms in total. The van der Waals surface area contributed by atoms with E-state index in [0.29, 0.717) is 19.3 Å². The minimum atomic E-state index is -1.16. The zero-order valence-corrected chi connectivity index (χ0v) is 18.7. The predicted molar refractivity (Wildman–Crippen MR) is 120 cm³/mol. The number of aliphatic hydroxyl groups excluding tert-OH is 2. The van der Waals surface area contributed by atoms with Gasteiger partial charge in [0.1, 0.15) is 6.04 Å². The van der Waals surface area contributed by atoms with E-state index in [2.05, 4.69) is 17.5 Å². The van der Waals surface area contributed by atoms with Crippen LogP contribution in [0.1, 0.15) is 84.0 Å². The van der Waals surface area contributed by atoms with Gasteiger partial charge in [-0.15, -0.1) is 0 Å². The fraction of sp³-hybridized carbons (Fsp3) is 0.696. The second kappa shape index (κ2) is 18.6. The summed E-state index contributed by atoms with van der Waals surface area (Å²) >= 11 is 0. The summed E-state index contributed by atoms with van der Waals surface area (Å²) in [7, 11) is 0. The van der Waals surface area contributed by atoms with Crippen molar-refractivity contribution in [3.8, 4) is 0 Å². The lowest BCUT2D eigenvalue weighted by atomic mass is 10.1. The van der Waals surface area contributed by atoms with Gasteiger partial charge in [0.05, 0.1) is 12.2 Å². The summed E-state index contributed by atoms with van der Waals surface area (Å²) in [5, 5.41) is 30.6. The number of hydrogen-bond donors (Lipinski definition) is 5. The van der Waals surface area contributed by atoms with E-state index in [0.717, 1.165) is 38.5 Å². The largest absolute Gasteiger partial charge is 0.480 e. The van der Waals surface area contributed by atoms with Crippen LogP contribution in [0.5, 0.6) is 0 Å². The molecule has 0 saturated carbocycles. The average Bonchev–Trinajstić information content (AvgIpc) is 2.73. The number of allylic oxidation sites excluding steroid dienone is 3. The molecule has 0 aliphatic heterocycles. The number of nitrogens with one attached hydrogen (secondary N) is 1. The third-order valence-electron chi connectivity index (χ3n) is 4.93. The van der Waals surface area contributed by atoms with Crippen LogP contribution in [0.2, 0.25) is 0 Å². The third-order valence-corrected chi connectivity index (χ3v) is 4.93. The number of unbranched alkanes of at least 4 members (excludes halogenated alkanes) is 5. The van der Waals surface area contributed by atoms with Crippen LogP contribution in [0.25, 0.3) is 0 Å². The Balaban J connectivity index is 3.69. The number of primary amides is 1. The van der Waals surface area contributed by atoms with Crippen LogP contribution < -0.4 is 11.1 Å². The molecule has 0 aliphatic carbocycles. The number of carboxylic acids is 1. The molecule has 0 spiro atoms. The molecule has 31 heavy (non-hydrogen) atoms. The Labute approximate surface area is 185 Å². The highest BCUT2D eigenvalue weighted by Crippen LogP contribution is 2.09. The maximum Gasteiger partial charge on any atom is 0.326 e. The molecule has 3 atom stereocenters. The minimum Gasteiger partial charge on any atom is -0.480 e. The smallest absolute Gasteiger partial charge is 0.326 e. The Morgan fingerprint density at radius 1 is 0.903 bits per heavy atom. The highest BCUT2D eigenvalue weighted by Gasteiger charge is 2.20. The molecule has 178 valence electrons. The highest BCUT2D eigenvalue weighted by atomic mass is 16.4. The Bertz CT molecular complexity index is 576. The number of aliphatic carboxylic acids is 1. The molecule has 2 amide bonds. The molecule has 6 N–H and O–H groups in total. The van der Waals surface area contributed by atoms with E-state index >= 15 is 0 Å². The van der Waals surface area contributed by atoms with Gasteiger partial charge in [-0.05, 0) is 44.9 Å². The molecule has 8 heteroatoms. The second-order valence-corrected chi connectivity index (χ2v) is 7.73. The Hall–Kier alpha value is -2.19. The van der Waals surface area contributed by atoms with Crippen molar-refractivity contribution in [2.45, 2.75) is 102 Å². The quantitative estimate of drug-likeness (QED) is 0.154. The number of hydrogen-bond acceptors (Lipinski definition) is 5. The van der Waals surface area contributed by atoms with Crippen molar-refractivity contribution in [2.75, 3.05) is 0 Å². The molecule has 0 rings (SSSR count). The van der Waals surface area contributed by atoms with Crippen LogP contribution in [0.15, 0.2) is 24.3 Å². The Morgan fingerprint density at radius 3 is 2.19 bits per heavy atom.